The van der Waals surface area contributed by atoms with Crippen molar-refractivity contribution in [3.63, 3.8) is 0 Å². The normalized spacial score (nSPS) is 19.1. The van der Waals surface area contributed by atoms with E-state index in [4.69, 9.17) is 26.7 Å². The number of anilines is 2. The topological polar surface area (TPSA) is 78.8 Å². The Morgan fingerprint density at radius 1 is 1.08 bits per heavy atom. The fraction of sp³-hybridized carbons (Fsp3) is 0.533. The molecule has 8 nitrogen and oxygen atoms in total. The Labute approximate surface area is 234 Å². The number of aromatic nitrogens is 6. The van der Waals surface area contributed by atoms with E-state index in [1.807, 2.05) is 11.7 Å². The van der Waals surface area contributed by atoms with Crippen LogP contribution in [0.1, 0.15) is 73.7 Å². The molecule has 5 heterocycles. The molecular formula is C30H37ClN8. The third-order valence-corrected chi connectivity index (χ3v) is 9.18. The molecule has 3 aromatic heterocycles. The van der Waals surface area contributed by atoms with Gasteiger partial charge in [0.2, 0.25) is 0 Å². The third-order valence-electron chi connectivity index (χ3n) is 8.82. The molecule has 1 saturated heterocycles. The number of nitrogens with one attached hydrogen (secondary N) is 1. The maximum absolute atomic E-state index is 6.96. The molecule has 2 aliphatic heterocycles. The van der Waals surface area contributed by atoms with Crippen LogP contribution in [0, 0.1) is 19.3 Å². The van der Waals surface area contributed by atoms with Gasteiger partial charge >= 0.3 is 0 Å². The summed E-state index contributed by atoms with van der Waals surface area (Å²) < 4.78 is 1.98. The molecule has 0 unspecified atom stereocenters. The molecular weight excluding hydrogens is 508 g/mol. The van der Waals surface area contributed by atoms with Crippen LogP contribution in [-0.2, 0) is 20.0 Å². The van der Waals surface area contributed by atoms with Crippen LogP contribution in [0.2, 0.25) is 5.02 Å². The molecule has 1 N–H and O–H groups in total. The second-order valence-electron chi connectivity index (χ2n) is 12.6. The van der Waals surface area contributed by atoms with E-state index in [0.717, 1.165) is 88.6 Å². The van der Waals surface area contributed by atoms with Gasteiger partial charge in [0.05, 0.1) is 16.9 Å². The molecule has 204 valence electrons. The van der Waals surface area contributed by atoms with Gasteiger partial charge in [-0.1, -0.05) is 31.5 Å². The number of hydrogen-bond donors (Lipinski definition) is 1. The molecule has 4 aromatic rings. The van der Waals surface area contributed by atoms with Gasteiger partial charge in [-0.25, -0.2) is 9.97 Å². The second kappa shape index (κ2) is 8.95. The molecule has 0 amide bonds. The number of nitrogens with zero attached hydrogens (tertiary/aromatic N) is 7. The number of benzene rings is 1. The highest BCUT2D eigenvalue weighted by atomic mass is 35.5. The first-order chi connectivity index (χ1) is 18.7. The summed E-state index contributed by atoms with van der Waals surface area (Å²) in [5, 5.41) is 14.5. The van der Waals surface area contributed by atoms with Gasteiger partial charge in [-0.3, -0.25) is 9.78 Å². The van der Waals surface area contributed by atoms with Gasteiger partial charge in [0, 0.05) is 67.8 Å². The zero-order chi connectivity index (χ0) is 27.1. The Balaban J connectivity index is 1.37. The first-order valence-corrected chi connectivity index (χ1v) is 14.6. The number of piperidine rings is 1. The molecule has 0 spiro atoms. The predicted molar refractivity (Wildman–Crippen MR) is 157 cm³/mol. The van der Waals surface area contributed by atoms with E-state index in [-0.39, 0.29) is 5.41 Å². The van der Waals surface area contributed by atoms with E-state index in [1.54, 1.807) is 0 Å². The number of hydrogen-bond acceptors (Lipinski definition) is 6. The number of H-pyrrole nitrogens is 1. The van der Waals surface area contributed by atoms with Crippen LogP contribution in [0.4, 0.5) is 11.6 Å². The lowest BCUT2D eigenvalue weighted by molar-refractivity contribution is 0.291. The van der Waals surface area contributed by atoms with Gasteiger partial charge in [0.15, 0.2) is 5.82 Å². The number of aryl methyl sites for hydroxylation is 3. The molecule has 2 fully saturated rings. The Kier molecular flexibility index (Phi) is 5.71. The lowest BCUT2D eigenvalue weighted by atomic mass is 9.84. The minimum atomic E-state index is 0.242. The van der Waals surface area contributed by atoms with Crippen LogP contribution in [0.25, 0.3) is 22.3 Å². The zero-order valence-corrected chi connectivity index (χ0v) is 24.4. The molecule has 0 atom stereocenters. The molecule has 0 radical (unpaired) electrons. The fourth-order valence-corrected chi connectivity index (χ4v) is 7.12. The second-order valence-corrected chi connectivity index (χ2v) is 13.0. The number of aromatic amines is 1. The first-order valence-electron chi connectivity index (χ1n) is 14.3. The van der Waals surface area contributed by atoms with E-state index in [0.29, 0.717) is 5.92 Å². The summed E-state index contributed by atoms with van der Waals surface area (Å²) in [5.74, 6) is 3.42. The SMILES string of the molecule is Cc1ccc2n[nH]c(C)c2c1-c1nc2c(c(N3CCCC(C)(C)C3)n1)CN(c1c(Cl)c(C3CC3)nn1C)CC2. The molecule has 9 heteroatoms. The summed E-state index contributed by atoms with van der Waals surface area (Å²) in [6, 6.07) is 4.21. The maximum Gasteiger partial charge on any atom is 0.162 e. The van der Waals surface area contributed by atoms with Crippen molar-refractivity contribution in [2.24, 2.45) is 12.5 Å². The van der Waals surface area contributed by atoms with Crippen molar-refractivity contribution >= 4 is 34.1 Å². The van der Waals surface area contributed by atoms with E-state index in [9.17, 15) is 0 Å². The summed E-state index contributed by atoms with van der Waals surface area (Å²) in [4.78, 5) is 15.5. The van der Waals surface area contributed by atoms with Crippen LogP contribution >= 0.6 is 11.6 Å². The molecule has 1 aromatic carbocycles. The van der Waals surface area contributed by atoms with Gasteiger partial charge in [-0.2, -0.15) is 10.2 Å². The summed E-state index contributed by atoms with van der Waals surface area (Å²) in [7, 11) is 2.02. The lowest BCUT2D eigenvalue weighted by Gasteiger charge is -2.41. The standard InChI is InChI=1S/C30H37ClN8/c1-17-7-10-22-24(18(2)34-35-22)23(17)27-32-21-11-14-38(29-25(31)26(19-8-9-19)36-37(29)5)15-20(21)28(33-27)39-13-6-12-30(3,4)16-39/h7,10,19H,6,8-9,11-16H2,1-5H3,(H,34,35). The molecule has 7 rings (SSSR count). The van der Waals surface area contributed by atoms with Crippen LogP contribution in [0.15, 0.2) is 12.1 Å². The van der Waals surface area contributed by atoms with Crippen molar-refractivity contribution in [1.82, 2.24) is 29.9 Å². The van der Waals surface area contributed by atoms with Crippen molar-refractivity contribution < 1.29 is 0 Å². The van der Waals surface area contributed by atoms with Crippen LogP contribution in [-0.4, -0.2) is 49.6 Å². The summed E-state index contributed by atoms with van der Waals surface area (Å²) in [6.07, 6.45) is 5.62. The highest BCUT2D eigenvalue weighted by Gasteiger charge is 2.35. The Morgan fingerprint density at radius 3 is 2.67 bits per heavy atom. The van der Waals surface area contributed by atoms with Crippen molar-refractivity contribution in [1.29, 1.82) is 0 Å². The number of rotatable bonds is 4. The summed E-state index contributed by atoms with van der Waals surface area (Å²) >= 11 is 6.96. The van der Waals surface area contributed by atoms with Crippen molar-refractivity contribution in [3.8, 4) is 11.4 Å². The van der Waals surface area contributed by atoms with Crippen LogP contribution < -0.4 is 9.80 Å². The van der Waals surface area contributed by atoms with Gasteiger partial charge in [-0.05, 0) is 56.6 Å². The minimum Gasteiger partial charge on any atom is -0.356 e. The Hall–Kier alpha value is -3.13. The quantitative estimate of drug-likeness (QED) is 0.335. The van der Waals surface area contributed by atoms with Crippen molar-refractivity contribution in [2.75, 3.05) is 29.4 Å². The van der Waals surface area contributed by atoms with E-state index < -0.39 is 0 Å². The highest BCUT2D eigenvalue weighted by Crippen LogP contribution is 2.46. The molecule has 1 saturated carbocycles. The summed E-state index contributed by atoms with van der Waals surface area (Å²) in [5.41, 5.74) is 7.94. The fourth-order valence-electron chi connectivity index (χ4n) is 6.68. The highest BCUT2D eigenvalue weighted by molar-refractivity contribution is 6.33. The van der Waals surface area contributed by atoms with E-state index in [1.165, 1.54) is 36.8 Å². The molecule has 1 aliphatic carbocycles. The summed E-state index contributed by atoms with van der Waals surface area (Å²) in [6.45, 7) is 12.6. The zero-order valence-electron chi connectivity index (χ0n) is 23.6. The van der Waals surface area contributed by atoms with E-state index in [2.05, 4.69) is 59.8 Å². The monoisotopic (exact) mass is 544 g/mol. The van der Waals surface area contributed by atoms with Gasteiger partial charge in [0.25, 0.3) is 0 Å². The van der Waals surface area contributed by atoms with Crippen molar-refractivity contribution in [3.05, 3.63) is 45.4 Å². The average Bonchev–Trinajstić information content (AvgIpc) is 3.61. The number of fused-ring (bicyclic) bond motifs is 2. The van der Waals surface area contributed by atoms with Crippen LogP contribution in [0.3, 0.4) is 0 Å². The van der Waals surface area contributed by atoms with Crippen LogP contribution in [0.5, 0.6) is 0 Å². The molecule has 0 bridgehead atoms. The smallest absolute Gasteiger partial charge is 0.162 e. The predicted octanol–water partition coefficient (Wildman–Crippen LogP) is 6.09. The third kappa shape index (κ3) is 4.19. The molecule has 39 heavy (non-hydrogen) atoms. The number of halogens is 1. The van der Waals surface area contributed by atoms with Gasteiger partial charge in [0.1, 0.15) is 16.7 Å². The maximum atomic E-state index is 6.96. The van der Waals surface area contributed by atoms with Gasteiger partial charge < -0.3 is 9.80 Å². The minimum absolute atomic E-state index is 0.242. The molecule has 3 aliphatic rings. The Bertz CT molecular complexity index is 1590. The van der Waals surface area contributed by atoms with E-state index >= 15 is 0 Å². The lowest BCUT2D eigenvalue weighted by Crippen LogP contribution is -2.42. The average molecular weight is 545 g/mol. The Morgan fingerprint density at radius 2 is 1.90 bits per heavy atom. The van der Waals surface area contributed by atoms with Gasteiger partial charge in [-0.15, -0.1) is 0 Å². The largest absolute Gasteiger partial charge is 0.356 e. The van der Waals surface area contributed by atoms with Crippen molar-refractivity contribution in [2.45, 2.75) is 72.3 Å². The first kappa shape index (κ1) is 24.9.